The predicted octanol–water partition coefficient (Wildman–Crippen LogP) is 4.15. The Bertz CT molecular complexity index is 1650. The quantitative estimate of drug-likeness (QED) is 0.260. The fourth-order valence-electron chi connectivity index (χ4n) is 3.38. The van der Waals surface area contributed by atoms with Crippen molar-refractivity contribution >= 4 is 56.4 Å². The van der Waals surface area contributed by atoms with Crippen molar-refractivity contribution in [1.29, 1.82) is 0 Å². The Hall–Kier alpha value is -3.94. The van der Waals surface area contributed by atoms with Crippen LogP contribution in [0.5, 0.6) is 0 Å². The second kappa shape index (κ2) is 10.6. The van der Waals surface area contributed by atoms with E-state index < -0.39 is 17.2 Å². The van der Waals surface area contributed by atoms with E-state index in [9.17, 15) is 14.4 Å². The molecule has 0 bridgehead atoms. The zero-order valence-electron chi connectivity index (χ0n) is 18.7. The summed E-state index contributed by atoms with van der Waals surface area (Å²) in [5.74, 6) is -0.582. The van der Waals surface area contributed by atoms with Crippen molar-refractivity contribution in [3.8, 4) is 11.3 Å². The maximum absolute atomic E-state index is 13.0. The third-order valence-corrected chi connectivity index (χ3v) is 6.96. The van der Waals surface area contributed by atoms with E-state index in [2.05, 4.69) is 41.3 Å². The smallest absolute Gasteiger partial charge is 0.317 e. The molecule has 0 aromatic carbocycles. The Morgan fingerprint density at radius 2 is 2.00 bits per heavy atom. The van der Waals surface area contributed by atoms with Crippen LogP contribution in [0.1, 0.15) is 26.1 Å². The number of carbonyl (C=O) groups excluding carboxylic acids is 2. The van der Waals surface area contributed by atoms with Crippen LogP contribution in [0.3, 0.4) is 0 Å². The first kappa shape index (κ1) is 24.7. The molecule has 5 rings (SSSR count). The lowest BCUT2D eigenvalue weighted by molar-refractivity contribution is 0.0918. The number of rotatable bonds is 8. The van der Waals surface area contributed by atoms with Crippen LogP contribution in [0.25, 0.3) is 11.3 Å². The van der Waals surface area contributed by atoms with Crippen LogP contribution < -0.4 is 10.9 Å². The summed E-state index contributed by atoms with van der Waals surface area (Å²) in [7, 11) is 0. The lowest BCUT2D eigenvalue weighted by Crippen LogP contribution is -2.24. The van der Waals surface area contributed by atoms with Gasteiger partial charge in [0.15, 0.2) is 12.2 Å². The maximum atomic E-state index is 13.0. The molecule has 0 saturated heterocycles. The number of carbonyl (C=O) groups is 2. The minimum absolute atomic E-state index is 0.00649. The zero-order valence-corrected chi connectivity index (χ0v) is 21.8. The highest BCUT2D eigenvalue weighted by Crippen LogP contribution is 2.29. The molecular weight excluding hydrogens is 586 g/mol. The number of aromatic nitrogens is 6. The molecule has 37 heavy (non-hydrogen) atoms. The molecule has 0 aliphatic rings. The molecule has 0 radical (unpaired) electrons. The Morgan fingerprint density at radius 1 is 1.19 bits per heavy atom. The number of Topliss-reactive ketones (excluding diaryl/α,β-unsaturated/α-hetero) is 1. The van der Waals surface area contributed by atoms with Gasteiger partial charge in [-0.3, -0.25) is 14.4 Å². The van der Waals surface area contributed by atoms with Gasteiger partial charge < -0.3 is 14.3 Å². The fourth-order valence-corrected chi connectivity index (χ4v) is 4.97. The van der Waals surface area contributed by atoms with Crippen LogP contribution in [-0.2, 0) is 13.1 Å². The summed E-state index contributed by atoms with van der Waals surface area (Å²) in [5.41, 5.74) is 0.325. The highest BCUT2D eigenvalue weighted by molar-refractivity contribution is 9.10. The first-order chi connectivity index (χ1) is 17.9. The van der Waals surface area contributed by atoms with Gasteiger partial charge >= 0.3 is 5.91 Å². The third kappa shape index (κ3) is 5.43. The van der Waals surface area contributed by atoms with Gasteiger partial charge in [0.05, 0.1) is 29.3 Å². The molecule has 0 unspecified atom stereocenters. The first-order valence-electron chi connectivity index (χ1n) is 10.6. The predicted molar refractivity (Wildman–Crippen MR) is 139 cm³/mol. The van der Waals surface area contributed by atoms with Gasteiger partial charge in [0.1, 0.15) is 5.82 Å². The number of hydrogen-bond donors (Lipinski definition) is 1. The van der Waals surface area contributed by atoms with Crippen LogP contribution in [0.4, 0.5) is 5.82 Å². The van der Waals surface area contributed by atoms with Crippen molar-refractivity contribution in [2.24, 2.45) is 0 Å². The van der Waals surface area contributed by atoms with E-state index in [1.54, 1.807) is 18.2 Å². The van der Waals surface area contributed by atoms with E-state index in [-0.39, 0.29) is 18.1 Å². The van der Waals surface area contributed by atoms with Gasteiger partial charge in [-0.1, -0.05) is 11.6 Å². The number of anilines is 1. The summed E-state index contributed by atoms with van der Waals surface area (Å²) >= 11 is 10.9. The Kier molecular flexibility index (Phi) is 7.08. The average molecular weight is 601 g/mol. The van der Waals surface area contributed by atoms with Crippen molar-refractivity contribution in [2.45, 2.75) is 13.1 Å². The summed E-state index contributed by atoms with van der Waals surface area (Å²) in [5, 5.41) is 7.60. The molecule has 5 aromatic rings. The van der Waals surface area contributed by atoms with E-state index in [0.29, 0.717) is 32.4 Å². The number of pyridine rings is 1. The molecule has 1 N–H and O–H groups in total. The van der Waals surface area contributed by atoms with Gasteiger partial charge in [0.25, 0.3) is 5.56 Å². The summed E-state index contributed by atoms with van der Waals surface area (Å²) in [6.07, 6.45) is 6.83. The molecule has 11 nitrogen and oxygen atoms in total. The minimum Gasteiger partial charge on any atom is -0.438 e. The molecule has 0 spiro atoms. The number of ketones is 1. The molecule has 0 aliphatic heterocycles. The highest BCUT2D eigenvalue weighted by atomic mass is 79.9. The molecule has 0 fully saturated rings. The molecule has 5 heterocycles. The Balaban J connectivity index is 1.47. The van der Waals surface area contributed by atoms with E-state index in [4.69, 9.17) is 16.0 Å². The topological polar surface area (TPSA) is 138 Å². The third-order valence-electron chi connectivity index (χ3n) is 5.10. The van der Waals surface area contributed by atoms with Gasteiger partial charge in [-0.15, -0.1) is 11.3 Å². The zero-order chi connectivity index (χ0) is 25.9. The van der Waals surface area contributed by atoms with Crippen molar-refractivity contribution in [1.82, 2.24) is 29.3 Å². The molecule has 0 amide bonds. The van der Waals surface area contributed by atoms with Crippen LogP contribution in [0.15, 0.2) is 75.2 Å². The number of hydrogen-bond acceptors (Lipinski definition) is 10. The van der Waals surface area contributed by atoms with E-state index in [1.165, 1.54) is 46.8 Å². The van der Waals surface area contributed by atoms with Crippen LogP contribution >= 0.6 is 38.9 Å². The van der Waals surface area contributed by atoms with Crippen LogP contribution in [0.2, 0.25) is 4.34 Å². The number of nitrogens with one attached hydrogen (secondary N) is 1. The summed E-state index contributed by atoms with van der Waals surface area (Å²) in [4.78, 5) is 50.9. The number of thiophene rings is 1. The second-order valence-corrected chi connectivity index (χ2v) is 10.2. The first-order valence-corrected chi connectivity index (χ1v) is 12.6. The summed E-state index contributed by atoms with van der Waals surface area (Å²) in [6, 6.07) is 8.22. The van der Waals surface area contributed by atoms with Crippen molar-refractivity contribution in [3.05, 3.63) is 97.1 Å². The fraction of sp³-hybridized carbons (Fsp3) is 0.0870. The number of oxazole rings is 1. The number of halogens is 2. The van der Waals surface area contributed by atoms with Gasteiger partial charge in [-0.05, 0) is 34.1 Å². The molecule has 14 heteroatoms. The average Bonchev–Trinajstić information content (AvgIpc) is 3.66. The lowest BCUT2D eigenvalue weighted by Gasteiger charge is -2.07. The maximum Gasteiger partial charge on any atom is 0.317 e. The highest BCUT2D eigenvalue weighted by Gasteiger charge is 2.21. The van der Waals surface area contributed by atoms with Crippen LogP contribution in [-0.4, -0.2) is 41.0 Å². The SMILES string of the molecule is O=C(Cn1cc(Br)c(-c2cc(NCc3ccc(Cl)s3)n(C(=O)c3cnco3)n2)cc1=O)c1ncccn1. The Labute approximate surface area is 225 Å². The normalized spacial score (nSPS) is 11.0. The van der Waals surface area contributed by atoms with Gasteiger partial charge in [-0.2, -0.15) is 9.78 Å². The summed E-state index contributed by atoms with van der Waals surface area (Å²) in [6.45, 7) is 0.148. The number of nitrogens with zero attached hydrogens (tertiary/aromatic N) is 6. The van der Waals surface area contributed by atoms with Gasteiger partial charge in [-0.25, -0.2) is 15.0 Å². The monoisotopic (exact) mass is 599 g/mol. The van der Waals surface area contributed by atoms with E-state index in [1.807, 2.05) is 6.07 Å². The molecule has 0 aliphatic carbocycles. The Morgan fingerprint density at radius 3 is 2.70 bits per heavy atom. The van der Waals surface area contributed by atoms with Crippen molar-refractivity contribution in [2.75, 3.05) is 5.32 Å². The molecule has 0 atom stereocenters. The second-order valence-electron chi connectivity index (χ2n) is 7.55. The van der Waals surface area contributed by atoms with E-state index in [0.717, 1.165) is 16.0 Å². The van der Waals surface area contributed by atoms with E-state index >= 15 is 0 Å². The summed E-state index contributed by atoms with van der Waals surface area (Å²) < 4.78 is 8.66. The largest absolute Gasteiger partial charge is 0.438 e. The molecular formula is C23H15BrClN7O4S. The minimum atomic E-state index is -0.548. The van der Waals surface area contributed by atoms with Gasteiger partial charge in [0.2, 0.25) is 11.5 Å². The molecule has 0 saturated carbocycles. The lowest BCUT2D eigenvalue weighted by atomic mass is 10.2. The van der Waals surface area contributed by atoms with Crippen molar-refractivity contribution in [3.63, 3.8) is 0 Å². The molecule has 186 valence electrons. The van der Waals surface area contributed by atoms with Gasteiger partial charge in [0, 0.05) is 45.6 Å². The standard InChI is InChI=1S/C23H15BrClN7O4S/c24-15-10-31(11-17(33)22-27-4-1-5-28-22)21(34)6-14(15)16-7-20(29-8-13-2-3-19(25)37-13)32(30-16)23(35)18-9-26-12-36-18/h1-7,9-10,12,29H,8,11H2. The molecule has 5 aromatic heterocycles. The van der Waals surface area contributed by atoms with Crippen molar-refractivity contribution < 1.29 is 14.0 Å². The van der Waals surface area contributed by atoms with Crippen LogP contribution in [0, 0.1) is 0 Å².